The molecule has 3 aromatic rings. The van der Waals surface area contributed by atoms with E-state index >= 15 is 0 Å². The Balaban J connectivity index is 1.82. The summed E-state index contributed by atoms with van der Waals surface area (Å²) in [5, 5.41) is 6.79. The van der Waals surface area contributed by atoms with Crippen molar-refractivity contribution in [3.05, 3.63) is 87.6 Å². The van der Waals surface area contributed by atoms with E-state index in [-0.39, 0.29) is 11.3 Å². The Labute approximate surface area is 198 Å². The molecule has 9 heteroatoms. The maximum atomic E-state index is 13.4. The second-order valence-electron chi connectivity index (χ2n) is 6.86. The zero-order valence-corrected chi connectivity index (χ0v) is 19.7. The number of nitrogens with zero attached hydrogens (tertiary/aromatic N) is 1. The van der Waals surface area contributed by atoms with Crippen molar-refractivity contribution in [2.24, 2.45) is 5.10 Å². The number of nitrogens with one attached hydrogen (secondary N) is 2. The van der Waals surface area contributed by atoms with Crippen LogP contribution < -0.4 is 20.2 Å². The van der Waals surface area contributed by atoms with Crippen LogP contribution in [0.5, 0.6) is 11.5 Å². The van der Waals surface area contributed by atoms with Crippen LogP contribution in [0.4, 0.5) is 10.1 Å². The molecule has 0 aliphatic rings. The highest BCUT2D eigenvalue weighted by atomic mass is 79.9. The molecular formula is C24H21BrFN3O4. The molecule has 0 aliphatic carbocycles. The molecule has 0 atom stereocenters. The number of hydrazone groups is 1. The zero-order valence-electron chi connectivity index (χ0n) is 18.1. The van der Waals surface area contributed by atoms with Crippen LogP contribution in [0.25, 0.3) is 0 Å². The van der Waals surface area contributed by atoms with Crippen molar-refractivity contribution in [3.63, 3.8) is 0 Å². The Hall–Kier alpha value is -3.72. The summed E-state index contributed by atoms with van der Waals surface area (Å²) in [6.45, 7) is 1.65. The minimum Gasteiger partial charge on any atom is -0.493 e. The van der Waals surface area contributed by atoms with Gasteiger partial charge in [0.1, 0.15) is 5.82 Å². The average molecular weight is 514 g/mol. The summed E-state index contributed by atoms with van der Waals surface area (Å²) in [7, 11) is 2.98. The van der Waals surface area contributed by atoms with Gasteiger partial charge in [-0.25, -0.2) is 9.82 Å². The Morgan fingerprint density at radius 1 is 0.909 bits per heavy atom. The molecule has 0 aliphatic heterocycles. The fourth-order valence-electron chi connectivity index (χ4n) is 2.96. The predicted octanol–water partition coefficient (Wildman–Crippen LogP) is 5.01. The van der Waals surface area contributed by atoms with E-state index in [9.17, 15) is 14.0 Å². The first-order valence-corrected chi connectivity index (χ1v) is 10.5. The molecule has 0 saturated carbocycles. The minimum atomic E-state index is -0.547. The SMILES string of the molecule is COc1ccc(C(=O)Nc2ccc(Br)cc2C(=O)N/N=C(/C)c2cccc(F)c2)cc1OC. The lowest BCUT2D eigenvalue weighted by atomic mass is 10.1. The van der Waals surface area contributed by atoms with Gasteiger partial charge in [-0.1, -0.05) is 28.1 Å². The quantitative estimate of drug-likeness (QED) is 0.343. The van der Waals surface area contributed by atoms with Crippen molar-refractivity contribution >= 4 is 39.1 Å². The Bertz CT molecular complexity index is 1230. The monoisotopic (exact) mass is 513 g/mol. The molecule has 2 N–H and O–H groups in total. The van der Waals surface area contributed by atoms with E-state index in [1.165, 1.54) is 26.4 Å². The molecule has 0 aromatic heterocycles. The number of halogens is 2. The molecule has 0 saturated heterocycles. The van der Waals surface area contributed by atoms with Crippen LogP contribution in [-0.4, -0.2) is 31.7 Å². The topological polar surface area (TPSA) is 89.0 Å². The molecule has 3 rings (SSSR count). The van der Waals surface area contributed by atoms with Crippen LogP contribution in [0.3, 0.4) is 0 Å². The molecule has 3 aromatic carbocycles. The van der Waals surface area contributed by atoms with Gasteiger partial charge in [0.25, 0.3) is 11.8 Å². The van der Waals surface area contributed by atoms with Crippen LogP contribution in [0.15, 0.2) is 70.2 Å². The molecule has 33 heavy (non-hydrogen) atoms. The number of carbonyl (C=O) groups is 2. The van der Waals surface area contributed by atoms with Gasteiger partial charge in [-0.05, 0) is 55.5 Å². The molecule has 0 unspecified atom stereocenters. The first-order chi connectivity index (χ1) is 15.8. The third-order valence-electron chi connectivity index (χ3n) is 4.69. The van der Waals surface area contributed by atoms with Crippen LogP contribution >= 0.6 is 15.9 Å². The van der Waals surface area contributed by atoms with Crippen molar-refractivity contribution in [1.29, 1.82) is 0 Å². The lowest BCUT2D eigenvalue weighted by molar-refractivity contribution is 0.0955. The van der Waals surface area contributed by atoms with Gasteiger partial charge in [0.05, 0.1) is 31.2 Å². The van der Waals surface area contributed by atoms with E-state index < -0.39 is 17.6 Å². The Kier molecular flexibility index (Phi) is 7.78. The minimum absolute atomic E-state index is 0.189. The summed E-state index contributed by atoms with van der Waals surface area (Å²) in [5.74, 6) is -0.493. The van der Waals surface area contributed by atoms with Crippen LogP contribution in [0.2, 0.25) is 0 Å². The van der Waals surface area contributed by atoms with Crippen LogP contribution in [0.1, 0.15) is 33.2 Å². The summed E-state index contributed by atoms with van der Waals surface area (Å²) >= 11 is 3.33. The van der Waals surface area contributed by atoms with Gasteiger partial charge in [-0.2, -0.15) is 5.10 Å². The van der Waals surface area contributed by atoms with Gasteiger partial charge in [-0.3, -0.25) is 9.59 Å². The number of hydrogen-bond acceptors (Lipinski definition) is 5. The fraction of sp³-hybridized carbons (Fsp3) is 0.125. The molecule has 170 valence electrons. The second-order valence-corrected chi connectivity index (χ2v) is 7.78. The summed E-state index contributed by atoms with van der Waals surface area (Å²) in [6, 6.07) is 15.5. The van der Waals surface area contributed by atoms with Gasteiger partial charge in [0.15, 0.2) is 11.5 Å². The van der Waals surface area contributed by atoms with Gasteiger partial charge < -0.3 is 14.8 Å². The van der Waals surface area contributed by atoms with Crippen LogP contribution in [0, 0.1) is 5.82 Å². The molecule has 0 heterocycles. The third kappa shape index (κ3) is 5.95. The first-order valence-electron chi connectivity index (χ1n) is 9.76. The van der Waals surface area contributed by atoms with Crippen molar-refractivity contribution < 1.29 is 23.5 Å². The molecule has 2 amide bonds. The lowest BCUT2D eigenvalue weighted by Gasteiger charge is -2.13. The molecule has 0 bridgehead atoms. The third-order valence-corrected chi connectivity index (χ3v) is 5.18. The van der Waals surface area contributed by atoms with E-state index in [0.717, 1.165) is 0 Å². The van der Waals surface area contributed by atoms with E-state index in [1.807, 2.05) is 0 Å². The first kappa shape index (κ1) is 23.9. The predicted molar refractivity (Wildman–Crippen MR) is 128 cm³/mol. The van der Waals surface area contributed by atoms with Crippen LogP contribution in [-0.2, 0) is 0 Å². The number of carbonyl (C=O) groups excluding carboxylic acids is 2. The number of rotatable bonds is 7. The smallest absolute Gasteiger partial charge is 0.273 e. The molecule has 0 fully saturated rings. The highest BCUT2D eigenvalue weighted by Crippen LogP contribution is 2.28. The van der Waals surface area contributed by atoms with Crippen molar-refractivity contribution in [3.8, 4) is 11.5 Å². The standard InChI is InChI=1S/C24H21BrFN3O4/c1-14(15-5-4-6-18(26)11-15)28-29-24(31)19-13-17(25)8-9-20(19)27-23(30)16-7-10-21(32-2)22(12-16)33-3/h4-13H,1-3H3,(H,27,30)(H,29,31)/b28-14-. The summed E-state index contributed by atoms with van der Waals surface area (Å²) < 4.78 is 24.5. The number of amides is 2. The lowest BCUT2D eigenvalue weighted by Crippen LogP contribution is -2.22. The number of hydrogen-bond donors (Lipinski definition) is 2. The normalized spacial score (nSPS) is 11.0. The fourth-order valence-corrected chi connectivity index (χ4v) is 3.32. The van der Waals surface area contributed by atoms with Gasteiger partial charge in [0.2, 0.25) is 0 Å². The summed E-state index contributed by atoms with van der Waals surface area (Å²) in [5.41, 5.74) is 4.20. The zero-order chi connectivity index (χ0) is 24.0. The summed E-state index contributed by atoms with van der Waals surface area (Å²) in [4.78, 5) is 25.6. The maximum absolute atomic E-state index is 13.4. The number of benzene rings is 3. The van der Waals surface area contributed by atoms with Gasteiger partial charge in [-0.15, -0.1) is 0 Å². The van der Waals surface area contributed by atoms with Crippen molar-refractivity contribution in [2.45, 2.75) is 6.92 Å². The molecule has 0 spiro atoms. The van der Waals surface area contributed by atoms with Gasteiger partial charge in [0, 0.05) is 15.6 Å². The molecular weight excluding hydrogens is 493 g/mol. The Morgan fingerprint density at radius 3 is 2.36 bits per heavy atom. The van der Waals surface area contributed by atoms with Crippen molar-refractivity contribution in [1.82, 2.24) is 5.43 Å². The molecule has 7 nitrogen and oxygen atoms in total. The largest absolute Gasteiger partial charge is 0.493 e. The maximum Gasteiger partial charge on any atom is 0.273 e. The second kappa shape index (κ2) is 10.7. The highest BCUT2D eigenvalue weighted by molar-refractivity contribution is 9.10. The van der Waals surface area contributed by atoms with E-state index in [4.69, 9.17) is 9.47 Å². The van der Waals surface area contributed by atoms with Crippen molar-refractivity contribution in [2.75, 3.05) is 19.5 Å². The van der Waals surface area contributed by atoms with E-state index in [0.29, 0.717) is 32.8 Å². The van der Waals surface area contributed by atoms with E-state index in [1.54, 1.807) is 55.5 Å². The molecule has 0 radical (unpaired) electrons. The highest BCUT2D eigenvalue weighted by Gasteiger charge is 2.17. The number of methoxy groups -OCH3 is 2. The number of anilines is 1. The van der Waals surface area contributed by atoms with E-state index in [2.05, 4.69) is 31.8 Å². The van der Waals surface area contributed by atoms with Gasteiger partial charge >= 0.3 is 0 Å². The average Bonchev–Trinajstić information content (AvgIpc) is 2.82. The Morgan fingerprint density at radius 2 is 1.67 bits per heavy atom. The number of ether oxygens (including phenoxy) is 2. The summed E-state index contributed by atoms with van der Waals surface area (Å²) in [6.07, 6.45) is 0.